The van der Waals surface area contributed by atoms with Crippen molar-refractivity contribution in [3.05, 3.63) is 24.2 Å². The first-order valence-electron chi connectivity index (χ1n) is 5.18. The van der Waals surface area contributed by atoms with Crippen LogP contribution in [0.15, 0.2) is 18.6 Å². The molecule has 1 aromatic rings. The summed E-state index contributed by atoms with van der Waals surface area (Å²) < 4.78 is 1.52. The second-order valence-corrected chi connectivity index (χ2v) is 4.22. The number of rotatable bonds is 2. The molecule has 0 saturated carbocycles. The molecule has 1 heterocycles. The number of allylic oxidation sites excluding steroid dienone is 2. The lowest BCUT2D eigenvalue weighted by molar-refractivity contribution is 0.741. The monoisotopic (exact) mass is 223 g/mol. The van der Waals surface area contributed by atoms with E-state index in [4.69, 9.17) is 11.8 Å². The van der Waals surface area contributed by atoms with Crippen molar-refractivity contribution in [1.82, 2.24) is 9.97 Å². The SMILES string of the molecule is CN(Cl)c1ncncc1C1=CCCCC1. The van der Waals surface area contributed by atoms with Crippen LogP contribution in [0.3, 0.4) is 0 Å². The molecule has 0 fully saturated rings. The van der Waals surface area contributed by atoms with Gasteiger partial charge in [0.25, 0.3) is 0 Å². The van der Waals surface area contributed by atoms with Crippen molar-refractivity contribution in [3.63, 3.8) is 0 Å². The highest BCUT2D eigenvalue weighted by atomic mass is 35.5. The first-order chi connectivity index (χ1) is 7.29. The van der Waals surface area contributed by atoms with Crippen LogP contribution < -0.4 is 4.42 Å². The molecule has 0 unspecified atom stereocenters. The number of nitrogens with zero attached hydrogens (tertiary/aromatic N) is 3. The van der Waals surface area contributed by atoms with Crippen LogP contribution in [0.1, 0.15) is 31.2 Å². The van der Waals surface area contributed by atoms with Crippen LogP contribution in [-0.4, -0.2) is 17.0 Å². The zero-order chi connectivity index (χ0) is 10.7. The summed E-state index contributed by atoms with van der Waals surface area (Å²) in [7, 11) is 1.79. The summed E-state index contributed by atoms with van der Waals surface area (Å²) in [5.41, 5.74) is 2.39. The molecule has 0 aromatic carbocycles. The number of anilines is 1. The summed E-state index contributed by atoms with van der Waals surface area (Å²) in [6, 6.07) is 0. The van der Waals surface area contributed by atoms with Crippen LogP contribution in [0.2, 0.25) is 0 Å². The average Bonchev–Trinajstić information content (AvgIpc) is 2.30. The Balaban J connectivity index is 2.38. The van der Waals surface area contributed by atoms with Crippen molar-refractivity contribution < 1.29 is 0 Å². The van der Waals surface area contributed by atoms with E-state index in [0.29, 0.717) is 0 Å². The Hall–Kier alpha value is -1.09. The zero-order valence-electron chi connectivity index (χ0n) is 8.78. The lowest BCUT2D eigenvalue weighted by atomic mass is 9.95. The van der Waals surface area contributed by atoms with Gasteiger partial charge in [0.1, 0.15) is 6.33 Å². The Morgan fingerprint density at radius 1 is 1.40 bits per heavy atom. The Labute approximate surface area is 94.9 Å². The van der Waals surface area contributed by atoms with E-state index in [0.717, 1.165) is 24.2 Å². The Bertz CT molecular complexity index is 374. The van der Waals surface area contributed by atoms with Crippen LogP contribution in [-0.2, 0) is 0 Å². The summed E-state index contributed by atoms with van der Waals surface area (Å²) >= 11 is 5.94. The lowest BCUT2D eigenvalue weighted by Gasteiger charge is -2.17. The van der Waals surface area contributed by atoms with Gasteiger partial charge in [0.2, 0.25) is 0 Å². The molecule has 15 heavy (non-hydrogen) atoms. The fourth-order valence-corrected chi connectivity index (χ4v) is 2.01. The molecular formula is C11H14ClN3. The predicted octanol–water partition coefficient (Wildman–Crippen LogP) is 3.02. The van der Waals surface area contributed by atoms with Gasteiger partial charge in [0.05, 0.1) is 0 Å². The molecule has 0 radical (unpaired) electrons. The van der Waals surface area contributed by atoms with Gasteiger partial charge in [-0.3, -0.25) is 4.42 Å². The lowest BCUT2D eigenvalue weighted by Crippen LogP contribution is -2.07. The van der Waals surface area contributed by atoms with E-state index >= 15 is 0 Å². The van der Waals surface area contributed by atoms with Gasteiger partial charge in [-0.15, -0.1) is 0 Å². The molecule has 0 bridgehead atoms. The molecular weight excluding hydrogens is 210 g/mol. The van der Waals surface area contributed by atoms with Gasteiger partial charge in [-0.25, -0.2) is 9.97 Å². The highest BCUT2D eigenvalue weighted by Crippen LogP contribution is 2.31. The molecule has 0 saturated heterocycles. The minimum absolute atomic E-state index is 0.791. The minimum Gasteiger partial charge on any atom is -0.271 e. The number of hydrogen-bond donors (Lipinski definition) is 0. The summed E-state index contributed by atoms with van der Waals surface area (Å²) in [6.45, 7) is 0. The molecule has 0 amide bonds. The van der Waals surface area contributed by atoms with E-state index < -0.39 is 0 Å². The van der Waals surface area contributed by atoms with E-state index in [1.807, 2.05) is 6.20 Å². The summed E-state index contributed by atoms with van der Waals surface area (Å²) in [5, 5.41) is 0. The minimum atomic E-state index is 0.791. The summed E-state index contributed by atoms with van der Waals surface area (Å²) in [5.74, 6) is 0.791. The zero-order valence-corrected chi connectivity index (χ0v) is 9.54. The highest BCUT2D eigenvalue weighted by Gasteiger charge is 2.13. The summed E-state index contributed by atoms with van der Waals surface area (Å²) in [6.07, 6.45) is 10.4. The molecule has 1 aliphatic rings. The third kappa shape index (κ3) is 2.29. The first kappa shape index (κ1) is 10.4. The first-order valence-corrected chi connectivity index (χ1v) is 5.52. The molecule has 4 heteroatoms. The van der Waals surface area contributed by atoms with Crippen molar-refractivity contribution in [2.45, 2.75) is 25.7 Å². The molecule has 80 valence electrons. The molecule has 0 atom stereocenters. The summed E-state index contributed by atoms with van der Waals surface area (Å²) in [4.78, 5) is 8.26. The van der Waals surface area contributed by atoms with E-state index in [1.165, 1.54) is 29.2 Å². The molecule has 1 aliphatic carbocycles. The van der Waals surface area contributed by atoms with Crippen LogP contribution >= 0.6 is 11.8 Å². The quantitative estimate of drug-likeness (QED) is 0.722. The second-order valence-electron chi connectivity index (χ2n) is 3.71. The fraction of sp³-hybridized carbons (Fsp3) is 0.455. The smallest absolute Gasteiger partial charge is 0.153 e. The van der Waals surface area contributed by atoms with Gasteiger partial charge in [-0.2, -0.15) is 0 Å². The third-order valence-corrected chi connectivity index (χ3v) is 2.78. The van der Waals surface area contributed by atoms with Crippen LogP contribution in [0.5, 0.6) is 0 Å². The van der Waals surface area contributed by atoms with Gasteiger partial charge in [-0.05, 0) is 31.3 Å². The van der Waals surface area contributed by atoms with Gasteiger partial charge in [-0.1, -0.05) is 6.08 Å². The maximum atomic E-state index is 5.94. The van der Waals surface area contributed by atoms with E-state index in [2.05, 4.69) is 16.0 Å². The van der Waals surface area contributed by atoms with Gasteiger partial charge < -0.3 is 0 Å². The van der Waals surface area contributed by atoms with Crippen molar-refractivity contribution in [2.75, 3.05) is 11.5 Å². The van der Waals surface area contributed by atoms with E-state index in [-0.39, 0.29) is 0 Å². The largest absolute Gasteiger partial charge is 0.271 e. The normalized spacial score (nSPS) is 16.0. The van der Waals surface area contributed by atoms with Gasteiger partial charge in [0.15, 0.2) is 5.82 Å². The van der Waals surface area contributed by atoms with Crippen LogP contribution in [0.25, 0.3) is 5.57 Å². The highest BCUT2D eigenvalue weighted by molar-refractivity contribution is 6.25. The average molecular weight is 224 g/mol. The van der Waals surface area contributed by atoms with Crippen molar-refractivity contribution in [1.29, 1.82) is 0 Å². The number of hydrogen-bond acceptors (Lipinski definition) is 3. The number of halogens is 1. The van der Waals surface area contributed by atoms with Crippen molar-refractivity contribution in [3.8, 4) is 0 Å². The molecule has 1 aromatic heterocycles. The van der Waals surface area contributed by atoms with E-state index in [1.54, 1.807) is 7.05 Å². The molecule has 0 aliphatic heterocycles. The topological polar surface area (TPSA) is 29.0 Å². The molecule has 0 N–H and O–H groups in total. The standard InChI is InChI=1S/C11H14ClN3/c1-15(12)11-10(7-13-8-14-11)9-5-3-2-4-6-9/h5,7-8H,2-4,6H2,1H3. The van der Waals surface area contributed by atoms with Crippen molar-refractivity contribution >= 4 is 23.2 Å². The molecule has 3 nitrogen and oxygen atoms in total. The maximum Gasteiger partial charge on any atom is 0.153 e. The Morgan fingerprint density at radius 3 is 2.93 bits per heavy atom. The molecule has 2 rings (SSSR count). The fourth-order valence-electron chi connectivity index (χ4n) is 1.88. The van der Waals surface area contributed by atoms with Gasteiger partial charge in [0, 0.05) is 30.6 Å². The molecule has 0 spiro atoms. The van der Waals surface area contributed by atoms with Crippen LogP contribution in [0.4, 0.5) is 5.82 Å². The second kappa shape index (κ2) is 4.62. The Morgan fingerprint density at radius 2 is 2.27 bits per heavy atom. The van der Waals surface area contributed by atoms with E-state index in [9.17, 15) is 0 Å². The predicted molar refractivity (Wildman–Crippen MR) is 62.7 cm³/mol. The third-order valence-electron chi connectivity index (χ3n) is 2.62. The number of aromatic nitrogens is 2. The van der Waals surface area contributed by atoms with Gasteiger partial charge >= 0.3 is 0 Å². The van der Waals surface area contributed by atoms with Crippen LogP contribution in [0, 0.1) is 0 Å². The Kier molecular flexibility index (Phi) is 3.21. The maximum absolute atomic E-state index is 5.94. The van der Waals surface area contributed by atoms with Crippen molar-refractivity contribution in [2.24, 2.45) is 0 Å².